The van der Waals surface area contributed by atoms with Crippen LogP contribution in [0.25, 0.3) is 5.13 Å². The van der Waals surface area contributed by atoms with Crippen molar-refractivity contribution in [3.05, 3.63) is 64.7 Å². The summed E-state index contributed by atoms with van der Waals surface area (Å²) in [5.41, 5.74) is 4.65. The van der Waals surface area contributed by atoms with Gasteiger partial charge >= 0.3 is 0 Å². The van der Waals surface area contributed by atoms with Crippen LogP contribution in [0.5, 0.6) is 0 Å². The Kier molecular flexibility index (Phi) is 4.74. The van der Waals surface area contributed by atoms with Crippen molar-refractivity contribution in [1.82, 2.24) is 24.8 Å². The molecular weight excluding hydrogens is 374 g/mol. The number of pyridine rings is 1. The van der Waals surface area contributed by atoms with Crippen LogP contribution in [0.4, 0.5) is 0 Å². The van der Waals surface area contributed by atoms with Gasteiger partial charge in [0.15, 0.2) is 10.2 Å². The summed E-state index contributed by atoms with van der Waals surface area (Å²) < 4.78 is 2.23. The Labute approximate surface area is 169 Å². The predicted molar refractivity (Wildman–Crippen MR) is 113 cm³/mol. The third-order valence-electron chi connectivity index (χ3n) is 5.09. The van der Waals surface area contributed by atoms with Gasteiger partial charge in [0.1, 0.15) is 0 Å². The highest BCUT2D eigenvalue weighted by molar-refractivity contribution is 7.80. The lowest BCUT2D eigenvalue weighted by Crippen LogP contribution is -2.35. The first-order chi connectivity index (χ1) is 13.0. The highest BCUT2D eigenvalue weighted by Crippen LogP contribution is 2.42. The van der Waals surface area contributed by atoms with Gasteiger partial charge in [0.25, 0.3) is 0 Å². The van der Waals surface area contributed by atoms with Crippen LogP contribution in [0, 0.1) is 13.8 Å². The van der Waals surface area contributed by atoms with Crippen LogP contribution in [0.1, 0.15) is 48.6 Å². The molecule has 27 heavy (non-hydrogen) atoms. The number of aromatic nitrogens is 3. The van der Waals surface area contributed by atoms with E-state index >= 15 is 0 Å². The molecule has 0 bridgehead atoms. The number of thiocarbonyl (C=S) groups is 1. The first-order valence-corrected chi connectivity index (χ1v) is 10.4. The summed E-state index contributed by atoms with van der Waals surface area (Å²) in [6.07, 6.45) is 3.69. The third kappa shape index (κ3) is 3.04. The van der Waals surface area contributed by atoms with E-state index in [0.717, 1.165) is 15.9 Å². The second-order valence-corrected chi connectivity index (χ2v) is 8.36. The highest BCUT2D eigenvalue weighted by atomic mass is 32.1. The van der Waals surface area contributed by atoms with E-state index in [2.05, 4.69) is 64.6 Å². The number of rotatable bonds is 4. The van der Waals surface area contributed by atoms with E-state index in [1.165, 1.54) is 17.0 Å². The van der Waals surface area contributed by atoms with Gasteiger partial charge in [0.05, 0.1) is 17.8 Å². The highest BCUT2D eigenvalue weighted by Gasteiger charge is 2.42. The lowest BCUT2D eigenvalue weighted by Gasteiger charge is -2.31. The molecule has 140 valence electrons. The van der Waals surface area contributed by atoms with E-state index in [0.29, 0.717) is 0 Å². The smallest absolute Gasteiger partial charge is 0.193 e. The zero-order valence-corrected chi connectivity index (χ0v) is 17.5. The second kappa shape index (κ2) is 7.05. The van der Waals surface area contributed by atoms with Gasteiger partial charge < -0.3 is 10.2 Å². The topological polar surface area (TPSA) is 46.0 Å². The summed E-state index contributed by atoms with van der Waals surface area (Å²) in [7, 11) is 0. The van der Waals surface area contributed by atoms with Crippen molar-refractivity contribution in [2.75, 3.05) is 0 Å². The normalized spacial score (nSPS) is 19.7. The maximum absolute atomic E-state index is 5.70. The summed E-state index contributed by atoms with van der Waals surface area (Å²) in [6, 6.07) is 8.70. The van der Waals surface area contributed by atoms with Crippen molar-refractivity contribution in [3.8, 4) is 5.13 Å². The van der Waals surface area contributed by atoms with Gasteiger partial charge in [-0.1, -0.05) is 6.07 Å². The Balaban J connectivity index is 1.86. The van der Waals surface area contributed by atoms with E-state index in [1.54, 1.807) is 11.3 Å². The summed E-state index contributed by atoms with van der Waals surface area (Å²) in [5.74, 6) is 0. The maximum atomic E-state index is 5.70. The molecule has 0 amide bonds. The molecule has 1 saturated heterocycles. The molecule has 2 atom stereocenters. The number of aryl methyl sites for hydroxylation is 1. The first-order valence-electron chi connectivity index (χ1n) is 9.07. The minimum atomic E-state index is 0.0198. The molecule has 3 aromatic rings. The summed E-state index contributed by atoms with van der Waals surface area (Å²) in [4.78, 5) is 11.4. The molecule has 3 aromatic heterocycles. The largest absolute Gasteiger partial charge is 0.352 e. The van der Waals surface area contributed by atoms with Crippen molar-refractivity contribution in [1.29, 1.82) is 0 Å². The zero-order valence-electron chi connectivity index (χ0n) is 15.9. The summed E-state index contributed by atoms with van der Waals surface area (Å²) >= 11 is 7.35. The Morgan fingerprint density at radius 1 is 1.19 bits per heavy atom. The Morgan fingerprint density at radius 2 is 2.00 bits per heavy atom. The molecule has 4 heterocycles. The molecule has 1 N–H and O–H groups in total. The van der Waals surface area contributed by atoms with Crippen LogP contribution in [0.2, 0.25) is 0 Å². The van der Waals surface area contributed by atoms with Gasteiger partial charge in [-0.25, -0.2) is 4.98 Å². The van der Waals surface area contributed by atoms with Gasteiger partial charge in [0.2, 0.25) is 0 Å². The molecule has 1 fully saturated rings. The SMILES string of the molecule is Cc1cc([C@@H]2[C@@H](c3ccccn3)NC(=S)N2C(C)C)c(C)n1-c1nccs1. The Morgan fingerprint density at radius 3 is 2.63 bits per heavy atom. The first kappa shape index (κ1) is 18.1. The summed E-state index contributed by atoms with van der Waals surface area (Å²) in [6.45, 7) is 8.66. The van der Waals surface area contributed by atoms with Crippen molar-refractivity contribution < 1.29 is 0 Å². The predicted octanol–water partition coefficient (Wildman–Crippen LogP) is 4.33. The number of hydrogen-bond donors (Lipinski definition) is 1. The number of hydrogen-bond acceptors (Lipinski definition) is 4. The molecule has 4 rings (SSSR count). The fourth-order valence-corrected chi connectivity index (χ4v) is 5.16. The van der Waals surface area contributed by atoms with E-state index < -0.39 is 0 Å². The van der Waals surface area contributed by atoms with Gasteiger partial charge in [-0.3, -0.25) is 9.55 Å². The van der Waals surface area contributed by atoms with Gasteiger partial charge in [-0.05, 0) is 63.7 Å². The molecule has 1 aliphatic heterocycles. The molecule has 0 aromatic carbocycles. The Bertz CT molecular complexity index is 946. The average Bonchev–Trinajstić information content (AvgIpc) is 3.34. The quantitative estimate of drug-likeness (QED) is 0.664. The van der Waals surface area contributed by atoms with Gasteiger partial charge in [-0.2, -0.15) is 0 Å². The minimum absolute atomic E-state index is 0.0198. The van der Waals surface area contributed by atoms with E-state index in [4.69, 9.17) is 12.2 Å². The molecule has 0 aliphatic carbocycles. The molecule has 7 heteroatoms. The van der Waals surface area contributed by atoms with E-state index in [1.807, 2.05) is 29.9 Å². The van der Waals surface area contributed by atoms with Crippen LogP contribution in [-0.4, -0.2) is 30.6 Å². The average molecular weight is 398 g/mol. The molecule has 0 unspecified atom stereocenters. The van der Waals surface area contributed by atoms with Gasteiger partial charge in [0, 0.05) is 35.2 Å². The number of nitrogens with one attached hydrogen (secondary N) is 1. The minimum Gasteiger partial charge on any atom is -0.352 e. The van der Waals surface area contributed by atoms with Crippen molar-refractivity contribution in [3.63, 3.8) is 0 Å². The fraction of sp³-hybridized carbons (Fsp3) is 0.350. The standard InChI is InChI=1S/C20H23N5S2/c1-12(2)24-18(17(23-19(24)26)16-7-5-6-8-21-16)15-11-13(3)25(14(15)4)20-22-9-10-27-20/h5-12,17-18H,1-4H3,(H,23,26)/t17-,18-/m1/s1. The lowest BCUT2D eigenvalue weighted by atomic mass is 9.96. The van der Waals surface area contributed by atoms with Crippen LogP contribution in [-0.2, 0) is 0 Å². The van der Waals surface area contributed by atoms with Gasteiger partial charge in [-0.15, -0.1) is 11.3 Å². The maximum Gasteiger partial charge on any atom is 0.193 e. The van der Waals surface area contributed by atoms with Crippen molar-refractivity contribution in [2.45, 2.75) is 45.8 Å². The third-order valence-corrected chi connectivity index (χ3v) is 6.18. The van der Waals surface area contributed by atoms with E-state index in [9.17, 15) is 0 Å². The van der Waals surface area contributed by atoms with E-state index in [-0.39, 0.29) is 18.1 Å². The van der Waals surface area contributed by atoms with Crippen molar-refractivity contribution >= 4 is 28.7 Å². The molecular formula is C20H23N5S2. The molecule has 0 saturated carbocycles. The molecule has 0 spiro atoms. The molecule has 0 radical (unpaired) electrons. The monoisotopic (exact) mass is 397 g/mol. The van der Waals surface area contributed by atoms with Crippen LogP contribution >= 0.6 is 23.6 Å². The van der Waals surface area contributed by atoms with Crippen LogP contribution in [0.3, 0.4) is 0 Å². The second-order valence-electron chi connectivity index (χ2n) is 7.10. The lowest BCUT2D eigenvalue weighted by molar-refractivity contribution is 0.269. The molecule has 5 nitrogen and oxygen atoms in total. The Hall–Kier alpha value is -2.25. The molecule has 1 aliphatic rings. The fourth-order valence-electron chi connectivity index (χ4n) is 3.96. The number of thiazole rings is 1. The summed E-state index contributed by atoms with van der Waals surface area (Å²) in [5, 5.41) is 7.30. The van der Waals surface area contributed by atoms with Crippen LogP contribution < -0.4 is 5.32 Å². The van der Waals surface area contributed by atoms with Crippen LogP contribution in [0.15, 0.2) is 42.0 Å². The van der Waals surface area contributed by atoms with Crippen molar-refractivity contribution in [2.24, 2.45) is 0 Å². The number of nitrogens with zero attached hydrogens (tertiary/aromatic N) is 4. The zero-order chi connectivity index (χ0) is 19.1.